The van der Waals surface area contributed by atoms with E-state index in [4.69, 9.17) is 26.1 Å². The molecule has 4 aromatic rings. The van der Waals surface area contributed by atoms with Crippen molar-refractivity contribution in [1.29, 1.82) is 0 Å². The summed E-state index contributed by atoms with van der Waals surface area (Å²) >= 11 is 7.44. The molecule has 1 saturated carbocycles. The number of aromatic nitrogens is 5. The number of nitrogens with zero attached hydrogens (tertiary/aromatic N) is 6. The Morgan fingerprint density at radius 2 is 2.05 bits per heavy atom. The van der Waals surface area contributed by atoms with Crippen LogP contribution in [-0.2, 0) is 4.74 Å². The highest BCUT2D eigenvalue weighted by Gasteiger charge is 2.37. The Morgan fingerprint density at radius 1 is 1.16 bits per heavy atom. The number of morpholine rings is 1. The van der Waals surface area contributed by atoms with Gasteiger partial charge in [0.1, 0.15) is 16.7 Å². The molecule has 6 rings (SSSR count). The first kappa shape index (κ1) is 24.0. The molecule has 2 atom stereocenters. The predicted molar refractivity (Wildman–Crippen MR) is 142 cm³/mol. The molecule has 2 aliphatic rings. The first-order chi connectivity index (χ1) is 18.0. The van der Waals surface area contributed by atoms with Crippen molar-refractivity contribution in [2.24, 2.45) is 0 Å². The average molecular weight is 538 g/mol. The highest BCUT2D eigenvalue weighted by atomic mass is 35.5. The third kappa shape index (κ3) is 4.58. The largest absolute Gasteiger partial charge is 0.494 e. The summed E-state index contributed by atoms with van der Waals surface area (Å²) in [7, 11) is 1.54. The van der Waals surface area contributed by atoms with E-state index in [0.29, 0.717) is 55.9 Å². The van der Waals surface area contributed by atoms with Crippen molar-refractivity contribution in [3.63, 3.8) is 0 Å². The Balaban J connectivity index is 1.29. The third-order valence-electron chi connectivity index (χ3n) is 6.74. The van der Waals surface area contributed by atoms with Crippen LogP contribution in [0.4, 0.5) is 10.9 Å². The molecule has 1 aliphatic carbocycles. The van der Waals surface area contributed by atoms with Crippen molar-refractivity contribution in [3.8, 4) is 16.9 Å². The van der Waals surface area contributed by atoms with Crippen LogP contribution in [-0.4, -0.2) is 63.2 Å². The fourth-order valence-corrected chi connectivity index (χ4v) is 5.98. The van der Waals surface area contributed by atoms with E-state index in [0.717, 1.165) is 37.3 Å². The molecule has 0 radical (unpaired) electrons. The van der Waals surface area contributed by atoms with Gasteiger partial charge in [0.15, 0.2) is 15.6 Å². The van der Waals surface area contributed by atoms with Crippen LogP contribution < -0.4 is 15.0 Å². The molecule has 0 bridgehead atoms. The van der Waals surface area contributed by atoms with E-state index in [9.17, 15) is 4.79 Å². The highest BCUT2D eigenvalue weighted by molar-refractivity contribution is 7.21. The number of thiazole rings is 1. The Kier molecular flexibility index (Phi) is 6.35. The maximum atomic E-state index is 13.4. The molecule has 10 nitrogen and oxygen atoms in total. The molecule has 2 fully saturated rings. The van der Waals surface area contributed by atoms with Gasteiger partial charge in [-0.3, -0.25) is 15.1 Å². The highest BCUT2D eigenvalue weighted by Crippen LogP contribution is 2.36. The summed E-state index contributed by atoms with van der Waals surface area (Å²) in [5.41, 5.74) is 2.86. The number of carbonyl (C=O) groups excluding carboxylic acids is 1. The zero-order chi connectivity index (χ0) is 25.5. The number of anilines is 2. The number of methoxy groups -OCH3 is 1. The number of amides is 1. The third-order valence-corrected chi connectivity index (χ3v) is 7.80. The Morgan fingerprint density at radius 3 is 2.92 bits per heavy atom. The van der Waals surface area contributed by atoms with Gasteiger partial charge in [0.2, 0.25) is 0 Å². The number of halogens is 1. The van der Waals surface area contributed by atoms with Gasteiger partial charge in [-0.15, -0.1) is 0 Å². The molecule has 1 amide bonds. The van der Waals surface area contributed by atoms with Crippen molar-refractivity contribution < 1.29 is 14.3 Å². The van der Waals surface area contributed by atoms with Gasteiger partial charge in [0.05, 0.1) is 43.8 Å². The van der Waals surface area contributed by atoms with Crippen LogP contribution >= 0.6 is 22.9 Å². The second kappa shape index (κ2) is 9.81. The summed E-state index contributed by atoms with van der Waals surface area (Å²) in [5, 5.41) is 3.59. The number of ether oxygens (including phenoxy) is 2. The van der Waals surface area contributed by atoms with E-state index in [1.807, 2.05) is 13.0 Å². The van der Waals surface area contributed by atoms with Gasteiger partial charge in [0.25, 0.3) is 5.91 Å². The fourth-order valence-electron chi connectivity index (χ4n) is 5.03. The van der Waals surface area contributed by atoms with Crippen molar-refractivity contribution in [2.45, 2.75) is 38.3 Å². The molecule has 190 valence electrons. The molecule has 1 N–H and O–H groups in total. The van der Waals surface area contributed by atoms with Crippen molar-refractivity contribution in [2.75, 3.05) is 30.5 Å². The Hall–Kier alpha value is -3.41. The SMILES string of the molecule is COc1cnc(Cl)cc1-c1cc(C)ncc1C(=O)Nc1nc2ncc(N3CCO[C@@H]4CCC[C@@H]43)nc2s1. The lowest BCUT2D eigenvalue weighted by Gasteiger charge is -2.38. The summed E-state index contributed by atoms with van der Waals surface area (Å²) in [6, 6.07) is 3.81. The summed E-state index contributed by atoms with van der Waals surface area (Å²) < 4.78 is 11.4. The minimum absolute atomic E-state index is 0.258. The van der Waals surface area contributed by atoms with Crippen LogP contribution in [0.15, 0.2) is 30.7 Å². The summed E-state index contributed by atoms with van der Waals surface area (Å²) in [4.78, 5) is 38.6. The van der Waals surface area contributed by atoms with Gasteiger partial charge in [-0.2, -0.15) is 4.98 Å². The second-order valence-electron chi connectivity index (χ2n) is 9.01. The number of rotatable bonds is 5. The van der Waals surface area contributed by atoms with E-state index in [1.54, 1.807) is 19.4 Å². The fraction of sp³-hybridized carbons (Fsp3) is 0.360. The molecule has 12 heteroatoms. The number of fused-ring (bicyclic) bond motifs is 2. The maximum Gasteiger partial charge on any atom is 0.259 e. The van der Waals surface area contributed by atoms with E-state index in [2.05, 4.69) is 30.2 Å². The van der Waals surface area contributed by atoms with Crippen molar-refractivity contribution in [1.82, 2.24) is 24.9 Å². The van der Waals surface area contributed by atoms with Gasteiger partial charge in [-0.05, 0) is 38.3 Å². The zero-order valence-electron chi connectivity index (χ0n) is 20.3. The first-order valence-corrected chi connectivity index (χ1v) is 13.2. The molecule has 37 heavy (non-hydrogen) atoms. The quantitative estimate of drug-likeness (QED) is 0.367. The monoisotopic (exact) mass is 537 g/mol. The molecular formula is C25H24ClN7O3S. The average Bonchev–Trinajstić information content (AvgIpc) is 3.54. The van der Waals surface area contributed by atoms with Gasteiger partial charge in [0, 0.05) is 29.6 Å². The lowest BCUT2D eigenvalue weighted by atomic mass is 10.0. The van der Waals surface area contributed by atoms with Crippen LogP contribution in [0.3, 0.4) is 0 Å². The molecule has 0 spiro atoms. The van der Waals surface area contributed by atoms with Gasteiger partial charge >= 0.3 is 0 Å². The number of hydrogen-bond acceptors (Lipinski definition) is 10. The van der Waals surface area contributed by atoms with Crippen LogP contribution in [0.1, 0.15) is 35.3 Å². The van der Waals surface area contributed by atoms with Crippen molar-refractivity contribution in [3.05, 3.63) is 47.1 Å². The van der Waals surface area contributed by atoms with Crippen LogP contribution in [0, 0.1) is 6.92 Å². The second-order valence-corrected chi connectivity index (χ2v) is 10.4. The van der Waals surface area contributed by atoms with Crippen LogP contribution in [0.25, 0.3) is 21.6 Å². The molecule has 0 unspecified atom stereocenters. The van der Waals surface area contributed by atoms with E-state index in [-0.39, 0.29) is 12.0 Å². The topological polar surface area (TPSA) is 115 Å². The van der Waals surface area contributed by atoms with Gasteiger partial charge in [-0.1, -0.05) is 22.9 Å². The molecule has 4 aromatic heterocycles. The minimum Gasteiger partial charge on any atom is -0.494 e. The Bertz CT molecular complexity index is 1500. The predicted octanol–water partition coefficient (Wildman–Crippen LogP) is 4.52. The summed E-state index contributed by atoms with van der Waals surface area (Å²) in [6.07, 6.45) is 8.41. The van der Waals surface area contributed by atoms with Gasteiger partial charge in [-0.25, -0.2) is 15.0 Å². The minimum atomic E-state index is -0.362. The van der Waals surface area contributed by atoms with E-state index < -0.39 is 0 Å². The summed E-state index contributed by atoms with van der Waals surface area (Å²) in [5.74, 6) is 0.956. The lowest BCUT2D eigenvalue weighted by molar-refractivity contribution is 0.0253. The number of aryl methyl sites for hydroxylation is 1. The zero-order valence-corrected chi connectivity index (χ0v) is 21.8. The lowest BCUT2D eigenvalue weighted by Crippen LogP contribution is -2.49. The first-order valence-electron chi connectivity index (χ1n) is 12.0. The van der Waals surface area contributed by atoms with Crippen LogP contribution in [0.2, 0.25) is 5.15 Å². The molecule has 5 heterocycles. The van der Waals surface area contributed by atoms with E-state index >= 15 is 0 Å². The maximum absolute atomic E-state index is 13.4. The molecule has 1 aliphatic heterocycles. The molecular weight excluding hydrogens is 514 g/mol. The smallest absolute Gasteiger partial charge is 0.259 e. The molecule has 1 saturated heterocycles. The number of nitrogens with one attached hydrogen (secondary N) is 1. The number of pyridine rings is 2. The normalized spacial score (nSPS) is 19.2. The number of hydrogen-bond donors (Lipinski definition) is 1. The van der Waals surface area contributed by atoms with Crippen molar-refractivity contribution >= 4 is 50.3 Å². The van der Waals surface area contributed by atoms with E-state index in [1.165, 1.54) is 23.7 Å². The standard InChI is InChI=1S/C25H24ClN7O3S/c1-13-8-14(15-9-20(26)28-11-19(15)35-2)16(10-27-13)23(34)32-25-31-22-24(37-25)30-21(12-29-22)33-6-7-36-18-5-3-4-17(18)33/h8-12,17-18H,3-7H2,1-2H3,(H,29,31,32,34)/t17-,18+/m0/s1. The Labute approximate surface area is 222 Å². The van der Waals surface area contributed by atoms with Crippen LogP contribution in [0.5, 0.6) is 5.75 Å². The number of carbonyl (C=O) groups is 1. The molecule has 0 aromatic carbocycles. The summed E-state index contributed by atoms with van der Waals surface area (Å²) in [6.45, 7) is 3.33. The van der Waals surface area contributed by atoms with Gasteiger partial charge < -0.3 is 14.4 Å².